The first kappa shape index (κ1) is 15.7. The predicted octanol–water partition coefficient (Wildman–Crippen LogP) is 4.65. The maximum Gasteiger partial charge on any atom is 0.169 e. The highest BCUT2D eigenvalue weighted by Gasteiger charge is 2.30. The van der Waals surface area contributed by atoms with Gasteiger partial charge in [0, 0.05) is 11.7 Å². The average Bonchev–Trinajstić information content (AvgIpc) is 2.84. The molecule has 0 fully saturated rings. The normalized spacial score (nSPS) is 18.0. The van der Waals surface area contributed by atoms with Gasteiger partial charge in [0.2, 0.25) is 0 Å². The number of fused-ring (bicyclic) bond motifs is 1. The largest absolute Gasteiger partial charge is 0.487 e. The van der Waals surface area contributed by atoms with E-state index < -0.39 is 0 Å². The average molecular weight is 311 g/mol. The van der Waals surface area contributed by atoms with Crippen LogP contribution in [0.4, 0.5) is 5.69 Å². The second-order valence-corrected chi connectivity index (χ2v) is 6.42. The van der Waals surface area contributed by atoms with Crippen LogP contribution in [0.1, 0.15) is 33.3 Å². The molecule has 3 heteroatoms. The summed E-state index contributed by atoms with van der Waals surface area (Å²) < 4.78 is 12.1. The highest BCUT2D eigenvalue weighted by molar-refractivity contribution is 5.59. The summed E-state index contributed by atoms with van der Waals surface area (Å²) in [6, 6.07) is 16.9. The van der Waals surface area contributed by atoms with Gasteiger partial charge < -0.3 is 14.4 Å². The van der Waals surface area contributed by atoms with E-state index in [-0.39, 0.29) is 12.3 Å². The van der Waals surface area contributed by atoms with Crippen LogP contribution < -0.4 is 14.4 Å². The summed E-state index contributed by atoms with van der Waals surface area (Å²) in [5, 5.41) is 0. The van der Waals surface area contributed by atoms with Crippen molar-refractivity contribution in [2.45, 2.75) is 52.5 Å². The number of para-hydroxylation sites is 3. The second kappa shape index (κ2) is 6.53. The van der Waals surface area contributed by atoms with Crippen molar-refractivity contribution >= 4 is 5.69 Å². The van der Waals surface area contributed by atoms with E-state index in [1.54, 1.807) is 0 Å². The number of rotatable bonds is 5. The third kappa shape index (κ3) is 3.29. The molecule has 0 aromatic heterocycles. The van der Waals surface area contributed by atoms with Gasteiger partial charge in [0.1, 0.15) is 0 Å². The molecule has 0 amide bonds. The van der Waals surface area contributed by atoms with Crippen LogP contribution in [0.3, 0.4) is 0 Å². The number of benzene rings is 2. The molecule has 2 unspecified atom stereocenters. The van der Waals surface area contributed by atoms with Crippen molar-refractivity contribution in [3.8, 4) is 11.5 Å². The lowest BCUT2D eigenvalue weighted by Crippen LogP contribution is -2.41. The molecular weight excluding hydrogens is 286 g/mol. The van der Waals surface area contributed by atoms with Crippen LogP contribution in [-0.2, 0) is 6.42 Å². The summed E-state index contributed by atoms with van der Waals surface area (Å²) in [5.74, 6) is 1.60. The fourth-order valence-corrected chi connectivity index (χ4v) is 3.28. The molecular formula is C20H25NO2. The Hall–Kier alpha value is -2.16. The molecule has 1 aliphatic heterocycles. The lowest BCUT2D eigenvalue weighted by molar-refractivity contribution is 0.181. The van der Waals surface area contributed by atoms with Crippen molar-refractivity contribution in [1.82, 2.24) is 0 Å². The van der Waals surface area contributed by atoms with Gasteiger partial charge in [0.25, 0.3) is 0 Å². The van der Waals surface area contributed by atoms with Gasteiger partial charge in [-0.15, -0.1) is 0 Å². The van der Waals surface area contributed by atoms with Crippen molar-refractivity contribution in [3.63, 3.8) is 0 Å². The Bertz CT molecular complexity index is 668. The first-order valence-corrected chi connectivity index (χ1v) is 8.35. The topological polar surface area (TPSA) is 21.7 Å². The van der Waals surface area contributed by atoms with Crippen LogP contribution in [0.5, 0.6) is 11.5 Å². The van der Waals surface area contributed by atoms with E-state index >= 15 is 0 Å². The van der Waals surface area contributed by atoms with E-state index in [1.807, 2.05) is 38.1 Å². The van der Waals surface area contributed by atoms with Gasteiger partial charge in [0.15, 0.2) is 17.7 Å². The quantitative estimate of drug-likeness (QED) is 0.802. The monoisotopic (exact) mass is 311 g/mol. The summed E-state index contributed by atoms with van der Waals surface area (Å²) in [5.41, 5.74) is 2.66. The van der Waals surface area contributed by atoms with E-state index in [0.717, 1.165) is 17.9 Å². The SMILES string of the molecule is CC(C)Oc1ccccc1OC(C)N1c2ccccc2CC1C. The van der Waals surface area contributed by atoms with Gasteiger partial charge in [-0.1, -0.05) is 30.3 Å². The van der Waals surface area contributed by atoms with Crippen LogP contribution >= 0.6 is 0 Å². The zero-order chi connectivity index (χ0) is 16.4. The van der Waals surface area contributed by atoms with Crippen LogP contribution in [-0.4, -0.2) is 18.4 Å². The van der Waals surface area contributed by atoms with Crippen LogP contribution in [0, 0.1) is 0 Å². The third-order valence-corrected chi connectivity index (χ3v) is 4.16. The first-order valence-electron chi connectivity index (χ1n) is 8.35. The highest BCUT2D eigenvalue weighted by atomic mass is 16.5. The maximum absolute atomic E-state index is 6.26. The molecule has 122 valence electrons. The van der Waals surface area contributed by atoms with Crippen LogP contribution in [0.15, 0.2) is 48.5 Å². The minimum atomic E-state index is -0.0504. The second-order valence-electron chi connectivity index (χ2n) is 6.42. The minimum Gasteiger partial charge on any atom is -0.487 e. The van der Waals surface area contributed by atoms with Gasteiger partial charge in [-0.05, 0) is 57.9 Å². The number of hydrogen-bond donors (Lipinski definition) is 0. The molecule has 3 nitrogen and oxygen atoms in total. The molecule has 3 rings (SSSR count). The number of anilines is 1. The molecule has 0 saturated carbocycles. The Balaban J connectivity index is 1.81. The molecule has 1 heterocycles. The van der Waals surface area contributed by atoms with Crippen LogP contribution in [0.25, 0.3) is 0 Å². The molecule has 0 N–H and O–H groups in total. The number of nitrogens with zero attached hydrogens (tertiary/aromatic N) is 1. The third-order valence-electron chi connectivity index (χ3n) is 4.16. The lowest BCUT2D eigenvalue weighted by atomic mass is 10.1. The predicted molar refractivity (Wildman–Crippen MR) is 94.4 cm³/mol. The Kier molecular flexibility index (Phi) is 4.46. The van der Waals surface area contributed by atoms with Crippen molar-refractivity contribution < 1.29 is 9.47 Å². The molecule has 0 spiro atoms. The first-order chi connectivity index (χ1) is 11.1. The Morgan fingerprint density at radius 1 is 0.913 bits per heavy atom. The van der Waals surface area contributed by atoms with E-state index in [9.17, 15) is 0 Å². The Labute approximate surface area is 138 Å². The fraction of sp³-hybridized carbons (Fsp3) is 0.400. The van der Waals surface area contributed by atoms with Crippen molar-refractivity contribution in [1.29, 1.82) is 0 Å². The molecule has 23 heavy (non-hydrogen) atoms. The summed E-state index contributed by atoms with van der Waals surface area (Å²) in [6.45, 7) is 8.40. The molecule has 2 aromatic rings. The van der Waals surface area contributed by atoms with Crippen molar-refractivity contribution in [3.05, 3.63) is 54.1 Å². The summed E-state index contributed by atoms with van der Waals surface area (Å²) in [4.78, 5) is 2.35. The van der Waals surface area contributed by atoms with Gasteiger partial charge in [-0.25, -0.2) is 0 Å². The summed E-state index contributed by atoms with van der Waals surface area (Å²) >= 11 is 0. The molecule has 0 saturated heterocycles. The summed E-state index contributed by atoms with van der Waals surface area (Å²) in [7, 11) is 0. The van der Waals surface area contributed by atoms with Gasteiger partial charge in [0.05, 0.1) is 6.10 Å². The van der Waals surface area contributed by atoms with Gasteiger partial charge in [-0.3, -0.25) is 0 Å². The molecule has 2 atom stereocenters. The molecule has 0 bridgehead atoms. The number of hydrogen-bond acceptors (Lipinski definition) is 3. The van der Waals surface area contributed by atoms with Gasteiger partial charge in [-0.2, -0.15) is 0 Å². The van der Waals surface area contributed by atoms with Crippen LogP contribution in [0.2, 0.25) is 0 Å². The standard InChI is InChI=1S/C20H25NO2/c1-14(2)22-19-11-7-8-12-20(19)23-16(4)21-15(3)13-17-9-5-6-10-18(17)21/h5-12,14-16H,13H2,1-4H3. The van der Waals surface area contributed by atoms with E-state index in [0.29, 0.717) is 6.04 Å². The van der Waals surface area contributed by atoms with E-state index in [2.05, 4.69) is 43.0 Å². The smallest absolute Gasteiger partial charge is 0.169 e. The Morgan fingerprint density at radius 3 is 2.22 bits per heavy atom. The molecule has 2 aromatic carbocycles. The Morgan fingerprint density at radius 2 is 1.52 bits per heavy atom. The highest BCUT2D eigenvalue weighted by Crippen LogP contribution is 2.35. The van der Waals surface area contributed by atoms with Gasteiger partial charge >= 0.3 is 0 Å². The lowest BCUT2D eigenvalue weighted by Gasteiger charge is -2.32. The van der Waals surface area contributed by atoms with E-state index in [1.165, 1.54) is 11.3 Å². The van der Waals surface area contributed by atoms with Crippen molar-refractivity contribution in [2.24, 2.45) is 0 Å². The number of ether oxygens (including phenoxy) is 2. The minimum absolute atomic E-state index is 0.0504. The zero-order valence-electron chi connectivity index (χ0n) is 14.3. The maximum atomic E-state index is 6.26. The summed E-state index contributed by atoms with van der Waals surface area (Å²) in [6.07, 6.45) is 1.14. The molecule has 0 radical (unpaired) electrons. The molecule has 0 aliphatic carbocycles. The zero-order valence-corrected chi connectivity index (χ0v) is 14.3. The fourth-order valence-electron chi connectivity index (χ4n) is 3.28. The van der Waals surface area contributed by atoms with E-state index in [4.69, 9.17) is 9.47 Å². The van der Waals surface area contributed by atoms with Crippen molar-refractivity contribution in [2.75, 3.05) is 4.90 Å². The molecule has 1 aliphatic rings.